The van der Waals surface area contributed by atoms with Crippen molar-refractivity contribution in [1.82, 2.24) is 15.2 Å². The Labute approximate surface area is 201 Å². The molecule has 2 N–H and O–H groups in total. The second-order valence-electron chi connectivity index (χ2n) is 8.53. The number of hydrogen-bond donors (Lipinski definition) is 2. The zero-order chi connectivity index (χ0) is 25.3. The van der Waals surface area contributed by atoms with Gasteiger partial charge in [0.15, 0.2) is 21.5 Å². The van der Waals surface area contributed by atoms with Crippen LogP contribution in [0.2, 0.25) is 0 Å². The maximum Gasteiger partial charge on any atom is 0.243 e. The molecule has 2 heterocycles. The third kappa shape index (κ3) is 4.92. The number of oxazole rings is 1. The number of halogens is 1. The van der Waals surface area contributed by atoms with Gasteiger partial charge in [-0.05, 0) is 49.2 Å². The van der Waals surface area contributed by atoms with Crippen LogP contribution in [-0.2, 0) is 19.4 Å². The standard InChI is InChI=1S/C24H26FN3O6S/c1-3-18(22(30)24-27-19-6-4-5-7-21(19)34-24)26-23(31)20-12-17(13-28(20)14(2)29)35(32,33)16-10-8-15(25)9-11-16/h4-11,17-18,20,22,30H,3,12-13H2,1-2H3,(H,26,31)/t17-,18?,20+,22?/m1/s1. The Kier molecular flexibility index (Phi) is 6.91. The Hall–Kier alpha value is -3.31. The molecule has 11 heteroatoms. The van der Waals surface area contributed by atoms with Crippen molar-refractivity contribution in [1.29, 1.82) is 0 Å². The highest BCUT2D eigenvalue weighted by Gasteiger charge is 2.45. The lowest BCUT2D eigenvalue weighted by Crippen LogP contribution is -2.49. The highest BCUT2D eigenvalue weighted by atomic mass is 32.2. The van der Waals surface area contributed by atoms with Gasteiger partial charge in [0.25, 0.3) is 0 Å². The van der Waals surface area contributed by atoms with E-state index >= 15 is 0 Å². The topological polar surface area (TPSA) is 130 Å². The van der Waals surface area contributed by atoms with Crippen LogP contribution in [0.1, 0.15) is 38.7 Å². The molecule has 0 saturated carbocycles. The number of benzene rings is 2. The van der Waals surface area contributed by atoms with Crippen molar-refractivity contribution in [3.8, 4) is 0 Å². The average molecular weight is 504 g/mol. The predicted molar refractivity (Wildman–Crippen MR) is 124 cm³/mol. The lowest BCUT2D eigenvalue weighted by Gasteiger charge is -2.26. The summed E-state index contributed by atoms with van der Waals surface area (Å²) >= 11 is 0. The van der Waals surface area contributed by atoms with Crippen LogP contribution in [0.4, 0.5) is 4.39 Å². The normalized spacial score (nSPS) is 20.1. The van der Waals surface area contributed by atoms with E-state index in [-0.39, 0.29) is 23.8 Å². The maximum absolute atomic E-state index is 13.3. The fraction of sp³-hybridized carbons (Fsp3) is 0.375. The number of aromatic nitrogens is 1. The lowest BCUT2D eigenvalue weighted by molar-refractivity contribution is -0.137. The van der Waals surface area contributed by atoms with E-state index in [1.807, 2.05) is 0 Å². The van der Waals surface area contributed by atoms with Crippen LogP contribution in [-0.4, -0.2) is 59.1 Å². The Morgan fingerprint density at radius 2 is 1.91 bits per heavy atom. The van der Waals surface area contributed by atoms with Crippen LogP contribution in [0.15, 0.2) is 57.8 Å². The number of carbonyl (C=O) groups excluding carboxylic acids is 2. The summed E-state index contributed by atoms with van der Waals surface area (Å²) in [5.41, 5.74) is 1.06. The summed E-state index contributed by atoms with van der Waals surface area (Å²) in [5.74, 6) is -1.56. The number of likely N-dealkylation sites (tertiary alicyclic amines) is 1. The number of aliphatic hydroxyl groups is 1. The van der Waals surface area contributed by atoms with Gasteiger partial charge in [-0.3, -0.25) is 9.59 Å². The Morgan fingerprint density at radius 1 is 1.23 bits per heavy atom. The minimum Gasteiger partial charge on any atom is -0.438 e. The molecule has 186 valence electrons. The number of hydrogen-bond acceptors (Lipinski definition) is 7. The molecule has 0 spiro atoms. The molecule has 9 nitrogen and oxygen atoms in total. The number of nitrogens with zero attached hydrogens (tertiary/aromatic N) is 2. The number of rotatable bonds is 7. The van der Waals surface area contributed by atoms with Gasteiger partial charge in [0, 0.05) is 13.5 Å². The van der Waals surface area contributed by atoms with Crippen LogP contribution < -0.4 is 5.32 Å². The van der Waals surface area contributed by atoms with Crippen molar-refractivity contribution < 1.29 is 31.9 Å². The largest absolute Gasteiger partial charge is 0.438 e. The lowest BCUT2D eigenvalue weighted by atomic mass is 10.1. The molecule has 1 saturated heterocycles. The van der Waals surface area contributed by atoms with Crippen LogP contribution >= 0.6 is 0 Å². The average Bonchev–Trinajstić information content (AvgIpc) is 3.48. The number of para-hydroxylation sites is 2. The Morgan fingerprint density at radius 3 is 2.54 bits per heavy atom. The molecule has 2 aromatic carbocycles. The molecule has 0 aliphatic carbocycles. The molecule has 35 heavy (non-hydrogen) atoms. The van der Waals surface area contributed by atoms with E-state index in [0.717, 1.165) is 12.1 Å². The maximum atomic E-state index is 13.3. The monoisotopic (exact) mass is 503 g/mol. The van der Waals surface area contributed by atoms with E-state index in [1.165, 1.54) is 24.0 Å². The smallest absolute Gasteiger partial charge is 0.243 e. The van der Waals surface area contributed by atoms with Gasteiger partial charge in [-0.15, -0.1) is 0 Å². The molecule has 1 fully saturated rings. The highest BCUT2D eigenvalue weighted by molar-refractivity contribution is 7.92. The van der Waals surface area contributed by atoms with E-state index in [0.29, 0.717) is 17.5 Å². The van der Waals surface area contributed by atoms with Gasteiger partial charge in [-0.2, -0.15) is 0 Å². The summed E-state index contributed by atoms with van der Waals surface area (Å²) < 4.78 is 45.0. The van der Waals surface area contributed by atoms with Gasteiger partial charge >= 0.3 is 0 Å². The summed E-state index contributed by atoms with van der Waals surface area (Å²) in [6, 6.07) is 9.61. The van der Waals surface area contributed by atoms with E-state index in [1.54, 1.807) is 31.2 Å². The molecular formula is C24H26FN3O6S. The highest BCUT2D eigenvalue weighted by Crippen LogP contribution is 2.29. The first-order valence-electron chi connectivity index (χ1n) is 11.2. The summed E-state index contributed by atoms with van der Waals surface area (Å²) in [7, 11) is -3.91. The minimum atomic E-state index is -3.91. The molecule has 1 aliphatic heterocycles. The minimum absolute atomic E-state index is 0.0463. The first-order valence-corrected chi connectivity index (χ1v) is 12.8. The van der Waals surface area contributed by atoms with Gasteiger partial charge in [-0.25, -0.2) is 17.8 Å². The molecule has 2 unspecified atom stereocenters. The second-order valence-corrected chi connectivity index (χ2v) is 10.8. The van der Waals surface area contributed by atoms with Gasteiger partial charge in [0.1, 0.15) is 17.4 Å². The number of sulfone groups is 1. The molecule has 1 aromatic heterocycles. The quantitative estimate of drug-likeness (QED) is 0.474. The van der Waals surface area contributed by atoms with E-state index in [2.05, 4.69) is 10.3 Å². The molecule has 2 amide bonds. The van der Waals surface area contributed by atoms with Crippen LogP contribution in [0.5, 0.6) is 0 Å². The SMILES string of the molecule is CCC(NC(=O)[C@@H]1C[C@@H](S(=O)(=O)c2ccc(F)cc2)CN1C(C)=O)C(O)c1nc2ccccc2o1. The first-order chi connectivity index (χ1) is 16.6. The third-order valence-electron chi connectivity index (χ3n) is 6.26. The van der Waals surface area contributed by atoms with Crippen molar-refractivity contribution in [3.63, 3.8) is 0 Å². The van der Waals surface area contributed by atoms with Gasteiger partial charge in [-0.1, -0.05) is 19.1 Å². The van der Waals surface area contributed by atoms with Crippen molar-refractivity contribution in [3.05, 3.63) is 60.2 Å². The summed E-state index contributed by atoms with van der Waals surface area (Å²) in [4.78, 5) is 30.8. The third-order valence-corrected chi connectivity index (χ3v) is 8.41. The zero-order valence-corrected chi connectivity index (χ0v) is 20.0. The molecule has 0 bridgehead atoms. The number of nitrogens with one attached hydrogen (secondary N) is 1. The summed E-state index contributed by atoms with van der Waals surface area (Å²) in [6.07, 6.45) is -1.04. The first kappa shape index (κ1) is 24.8. The van der Waals surface area contributed by atoms with E-state index in [4.69, 9.17) is 4.42 Å². The number of carbonyl (C=O) groups is 2. The Bertz CT molecular complexity index is 1310. The summed E-state index contributed by atoms with van der Waals surface area (Å²) in [5, 5.41) is 12.5. The van der Waals surface area contributed by atoms with Crippen LogP contribution in [0.3, 0.4) is 0 Å². The zero-order valence-electron chi connectivity index (χ0n) is 19.2. The van der Waals surface area contributed by atoms with Gasteiger partial charge in [0.2, 0.25) is 17.7 Å². The number of fused-ring (bicyclic) bond motifs is 1. The van der Waals surface area contributed by atoms with Gasteiger partial charge < -0.3 is 19.7 Å². The fourth-order valence-electron chi connectivity index (χ4n) is 4.31. The van der Waals surface area contributed by atoms with Gasteiger partial charge in [0.05, 0.1) is 16.2 Å². The van der Waals surface area contributed by atoms with E-state index < -0.39 is 50.9 Å². The van der Waals surface area contributed by atoms with E-state index in [9.17, 15) is 27.5 Å². The van der Waals surface area contributed by atoms with Crippen LogP contribution in [0, 0.1) is 5.82 Å². The van der Waals surface area contributed by atoms with Crippen molar-refractivity contribution in [2.75, 3.05) is 6.54 Å². The van der Waals surface area contributed by atoms with Crippen molar-refractivity contribution >= 4 is 32.8 Å². The molecule has 0 radical (unpaired) electrons. The molecular weight excluding hydrogens is 477 g/mol. The fourth-order valence-corrected chi connectivity index (χ4v) is 6.00. The van der Waals surface area contributed by atoms with Crippen molar-refractivity contribution in [2.45, 2.75) is 55.0 Å². The molecule has 3 aromatic rings. The second kappa shape index (κ2) is 9.74. The van der Waals surface area contributed by atoms with Crippen molar-refractivity contribution in [2.24, 2.45) is 0 Å². The van der Waals surface area contributed by atoms with Crippen LogP contribution in [0.25, 0.3) is 11.1 Å². The molecule has 4 rings (SSSR count). The Balaban J connectivity index is 1.52. The number of aliphatic hydroxyl groups excluding tert-OH is 1. The summed E-state index contributed by atoms with van der Waals surface area (Å²) in [6.45, 7) is 2.85. The predicted octanol–water partition coefficient (Wildman–Crippen LogP) is 2.36. The molecule has 4 atom stereocenters. The number of amides is 2. The molecule has 1 aliphatic rings.